The van der Waals surface area contributed by atoms with Crippen LogP contribution in [0.25, 0.3) is 0 Å². The molecule has 128 valence electrons. The number of fused-ring (bicyclic) bond motifs is 1. The van der Waals surface area contributed by atoms with E-state index in [1.165, 1.54) is 0 Å². The Kier molecular flexibility index (Phi) is 5.04. The van der Waals surface area contributed by atoms with Gasteiger partial charge in [-0.2, -0.15) is 0 Å². The SMILES string of the molecule is CC.CN1C(=O)N(c2ccc(C#Cc3ccccc3)cn2)[C@@H]2CC[C@@H]21. The molecule has 25 heavy (non-hydrogen) atoms. The lowest BCUT2D eigenvalue weighted by Gasteiger charge is -2.35. The lowest BCUT2D eigenvalue weighted by molar-refractivity contribution is 0.196. The van der Waals surface area contributed by atoms with Crippen LogP contribution in [0.15, 0.2) is 48.7 Å². The van der Waals surface area contributed by atoms with Crippen LogP contribution >= 0.6 is 0 Å². The summed E-state index contributed by atoms with van der Waals surface area (Å²) in [6.45, 7) is 4.00. The van der Waals surface area contributed by atoms with Gasteiger partial charge in [0.2, 0.25) is 0 Å². The number of benzene rings is 1. The molecule has 1 saturated heterocycles. The van der Waals surface area contributed by atoms with Crippen LogP contribution in [0.1, 0.15) is 37.8 Å². The van der Waals surface area contributed by atoms with Crippen molar-refractivity contribution in [2.75, 3.05) is 11.9 Å². The van der Waals surface area contributed by atoms with Crippen LogP contribution in [0.2, 0.25) is 0 Å². The summed E-state index contributed by atoms with van der Waals surface area (Å²) in [6.07, 6.45) is 3.88. The maximum Gasteiger partial charge on any atom is 0.326 e. The molecule has 0 unspecified atom stereocenters. The van der Waals surface area contributed by atoms with E-state index in [9.17, 15) is 4.79 Å². The third kappa shape index (κ3) is 3.23. The number of hydrogen-bond donors (Lipinski definition) is 0. The smallest absolute Gasteiger partial charge is 0.322 e. The second kappa shape index (κ2) is 7.40. The molecule has 4 nitrogen and oxygen atoms in total. The van der Waals surface area contributed by atoms with Crippen molar-refractivity contribution in [1.29, 1.82) is 0 Å². The molecule has 0 N–H and O–H groups in total. The minimum absolute atomic E-state index is 0.0492. The fraction of sp³-hybridized carbons (Fsp3) is 0.333. The van der Waals surface area contributed by atoms with Gasteiger partial charge in [-0.25, -0.2) is 9.78 Å². The monoisotopic (exact) mass is 333 g/mol. The molecule has 0 bridgehead atoms. The van der Waals surface area contributed by atoms with Crippen molar-refractivity contribution >= 4 is 11.8 Å². The third-order valence-electron chi connectivity index (χ3n) is 4.66. The van der Waals surface area contributed by atoms with Crippen LogP contribution in [-0.4, -0.2) is 35.0 Å². The van der Waals surface area contributed by atoms with Crippen molar-refractivity contribution in [3.05, 3.63) is 59.8 Å². The minimum atomic E-state index is 0.0492. The average Bonchev–Trinajstić information content (AvgIpc) is 2.82. The molecule has 1 aliphatic carbocycles. The Labute approximate surface area is 149 Å². The van der Waals surface area contributed by atoms with Crippen molar-refractivity contribution in [2.45, 2.75) is 38.8 Å². The van der Waals surface area contributed by atoms with Crippen LogP contribution in [0, 0.1) is 11.8 Å². The summed E-state index contributed by atoms with van der Waals surface area (Å²) in [5.74, 6) is 6.94. The molecular weight excluding hydrogens is 310 g/mol. The Morgan fingerprint density at radius 2 is 1.64 bits per heavy atom. The van der Waals surface area contributed by atoms with Crippen LogP contribution in [0.5, 0.6) is 0 Å². The molecule has 2 atom stereocenters. The Morgan fingerprint density at radius 1 is 0.960 bits per heavy atom. The van der Waals surface area contributed by atoms with Gasteiger partial charge in [-0.15, -0.1) is 0 Å². The summed E-state index contributed by atoms with van der Waals surface area (Å²) in [5, 5.41) is 0. The maximum absolute atomic E-state index is 12.3. The molecule has 2 aliphatic rings. The Hall–Kier alpha value is -2.80. The van der Waals surface area contributed by atoms with E-state index in [1.54, 1.807) is 6.20 Å². The number of carbonyl (C=O) groups is 1. The maximum atomic E-state index is 12.3. The molecule has 1 aliphatic heterocycles. The van der Waals surface area contributed by atoms with Crippen molar-refractivity contribution in [1.82, 2.24) is 9.88 Å². The number of aromatic nitrogens is 1. The lowest BCUT2D eigenvalue weighted by atomic mass is 9.86. The fourth-order valence-electron chi connectivity index (χ4n) is 3.21. The highest BCUT2D eigenvalue weighted by molar-refractivity contribution is 5.95. The van der Waals surface area contributed by atoms with Crippen molar-refractivity contribution in [3.63, 3.8) is 0 Å². The molecule has 4 heteroatoms. The minimum Gasteiger partial charge on any atom is -0.322 e. The zero-order chi connectivity index (χ0) is 17.8. The quantitative estimate of drug-likeness (QED) is 0.742. The fourth-order valence-corrected chi connectivity index (χ4v) is 3.21. The van der Waals surface area contributed by atoms with E-state index in [-0.39, 0.29) is 12.1 Å². The molecule has 2 fully saturated rings. The largest absolute Gasteiger partial charge is 0.326 e. The molecule has 2 amide bonds. The van der Waals surface area contributed by atoms with Gasteiger partial charge in [0.1, 0.15) is 5.82 Å². The first-order valence-corrected chi connectivity index (χ1v) is 8.83. The highest BCUT2D eigenvalue weighted by Gasteiger charge is 2.50. The van der Waals surface area contributed by atoms with Gasteiger partial charge in [-0.3, -0.25) is 4.90 Å². The highest BCUT2D eigenvalue weighted by atomic mass is 16.2. The topological polar surface area (TPSA) is 36.4 Å². The molecule has 2 aromatic rings. The zero-order valence-electron chi connectivity index (χ0n) is 14.9. The Morgan fingerprint density at radius 3 is 2.20 bits per heavy atom. The van der Waals surface area contributed by atoms with Gasteiger partial charge in [0, 0.05) is 24.4 Å². The van der Waals surface area contributed by atoms with E-state index < -0.39 is 0 Å². The van der Waals surface area contributed by atoms with Gasteiger partial charge in [0.05, 0.1) is 12.1 Å². The Balaban J connectivity index is 0.000000880. The molecule has 0 spiro atoms. The molecule has 0 radical (unpaired) electrons. The van der Waals surface area contributed by atoms with Crippen LogP contribution in [0.3, 0.4) is 0 Å². The van der Waals surface area contributed by atoms with Gasteiger partial charge in [-0.1, -0.05) is 43.9 Å². The van der Waals surface area contributed by atoms with E-state index >= 15 is 0 Å². The first-order valence-electron chi connectivity index (χ1n) is 8.83. The van der Waals surface area contributed by atoms with Gasteiger partial charge in [-0.05, 0) is 37.1 Å². The number of urea groups is 1. The predicted molar refractivity (Wildman–Crippen MR) is 100 cm³/mol. The highest BCUT2D eigenvalue weighted by Crippen LogP contribution is 2.38. The number of anilines is 1. The summed E-state index contributed by atoms with van der Waals surface area (Å²) < 4.78 is 0. The number of pyridine rings is 1. The summed E-state index contributed by atoms with van der Waals surface area (Å²) >= 11 is 0. The van der Waals surface area contributed by atoms with Gasteiger partial charge < -0.3 is 4.90 Å². The summed E-state index contributed by atoms with van der Waals surface area (Å²) in [7, 11) is 1.87. The van der Waals surface area contributed by atoms with E-state index in [0.29, 0.717) is 6.04 Å². The summed E-state index contributed by atoms with van der Waals surface area (Å²) in [6, 6.07) is 14.4. The van der Waals surface area contributed by atoms with Crippen LogP contribution in [-0.2, 0) is 0 Å². The second-order valence-electron chi connectivity index (χ2n) is 6.00. The van der Waals surface area contributed by atoms with Crippen molar-refractivity contribution < 1.29 is 4.79 Å². The number of hydrogen-bond acceptors (Lipinski definition) is 2. The molecular formula is C21H23N3O. The standard InChI is InChI=1S/C19H17N3O.C2H6/c1-21-16-10-11-17(16)22(19(21)23)18-12-9-15(13-20-18)8-7-14-5-3-2-4-6-14;1-2/h2-6,9,12-13,16-17H,10-11H2,1H3;1-2H3/t16-,17+;/m0./s1. The van der Waals surface area contributed by atoms with E-state index in [4.69, 9.17) is 0 Å². The molecule has 2 heterocycles. The Bertz CT molecular complexity index is 789. The van der Waals surface area contributed by atoms with E-state index in [2.05, 4.69) is 16.8 Å². The van der Waals surface area contributed by atoms with Crippen molar-refractivity contribution in [3.8, 4) is 11.8 Å². The molecule has 1 aromatic carbocycles. The van der Waals surface area contributed by atoms with E-state index in [0.717, 1.165) is 29.8 Å². The number of likely N-dealkylation sites (N-methyl/N-ethyl adjacent to an activating group) is 1. The average molecular weight is 333 g/mol. The van der Waals surface area contributed by atoms with Gasteiger partial charge >= 0.3 is 6.03 Å². The summed E-state index contributed by atoms with van der Waals surface area (Å²) in [5.41, 5.74) is 1.83. The third-order valence-corrected chi connectivity index (χ3v) is 4.66. The van der Waals surface area contributed by atoms with Crippen molar-refractivity contribution in [2.24, 2.45) is 0 Å². The number of amides is 2. The second-order valence-corrected chi connectivity index (χ2v) is 6.00. The molecule has 1 saturated carbocycles. The number of carbonyl (C=O) groups excluding carboxylic acids is 1. The number of rotatable bonds is 1. The summed E-state index contributed by atoms with van der Waals surface area (Å²) in [4.78, 5) is 20.5. The zero-order valence-corrected chi connectivity index (χ0v) is 14.9. The van der Waals surface area contributed by atoms with Crippen LogP contribution < -0.4 is 4.90 Å². The van der Waals surface area contributed by atoms with E-state index in [1.807, 2.05) is 73.2 Å². The van der Waals surface area contributed by atoms with Gasteiger partial charge in [0.25, 0.3) is 0 Å². The number of nitrogens with zero attached hydrogens (tertiary/aromatic N) is 3. The van der Waals surface area contributed by atoms with Crippen LogP contribution in [0.4, 0.5) is 10.6 Å². The normalized spacial score (nSPS) is 20.7. The predicted octanol–water partition coefficient (Wildman–Crippen LogP) is 3.91. The molecule has 4 rings (SSSR count). The lowest BCUT2D eigenvalue weighted by Crippen LogP contribution is -2.45. The first-order chi connectivity index (χ1) is 12.2. The van der Waals surface area contributed by atoms with Gasteiger partial charge in [0.15, 0.2) is 0 Å². The molecule has 1 aromatic heterocycles. The first kappa shape index (κ1) is 17.0.